The second-order valence-electron chi connectivity index (χ2n) is 9.36. The molecular formula is C27H29F3N4O3S. The number of hydrogen-bond donors (Lipinski definition) is 2. The number of pyridine rings is 2. The molecule has 1 fully saturated rings. The molecule has 1 aromatic carbocycles. The van der Waals surface area contributed by atoms with E-state index in [9.17, 15) is 23.1 Å². The van der Waals surface area contributed by atoms with Gasteiger partial charge in [0.05, 0.1) is 23.3 Å². The molecule has 202 valence electrons. The van der Waals surface area contributed by atoms with Crippen molar-refractivity contribution >= 4 is 29.6 Å². The van der Waals surface area contributed by atoms with Gasteiger partial charge in [-0.25, -0.2) is 9.97 Å². The van der Waals surface area contributed by atoms with Crippen molar-refractivity contribution in [3.05, 3.63) is 60.2 Å². The number of hydrogen-bond acceptors (Lipinski definition) is 7. The topological polar surface area (TPSA) is 87.6 Å². The van der Waals surface area contributed by atoms with Crippen molar-refractivity contribution in [1.82, 2.24) is 9.97 Å². The molecule has 1 aliphatic heterocycles. The van der Waals surface area contributed by atoms with Gasteiger partial charge in [-0.3, -0.25) is 4.79 Å². The van der Waals surface area contributed by atoms with E-state index in [1.807, 2.05) is 24.0 Å². The van der Waals surface area contributed by atoms with Gasteiger partial charge in [-0.05, 0) is 62.6 Å². The van der Waals surface area contributed by atoms with Crippen LogP contribution >= 0.6 is 11.9 Å². The van der Waals surface area contributed by atoms with Gasteiger partial charge in [0.25, 0.3) is 0 Å². The van der Waals surface area contributed by atoms with Crippen LogP contribution in [0.3, 0.4) is 0 Å². The molecule has 4 rings (SSSR count). The van der Waals surface area contributed by atoms with E-state index in [1.54, 1.807) is 37.3 Å². The van der Waals surface area contributed by atoms with Crippen molar-refractivity contribution in [2.24, 2.45) is 5.41 Å². The lowest BCUT2D eigenvalue weighted by Gasteiger charge is -2.38. The molecule has 1 atom stereocenters. The highest BCUT2D eigenvalue weighted by molar-refractivity contribution is 8.00. The number of carboxylic acid groups (broad SMARTS) is 1. The first-order chi connectivity index (χ1) is 18.1. The number of ether oxygens (including phenoxy) is 1. The standard InChI is InChI=1S/C27H29F3N4O3S/c1-3-16-37-20-9-5-4-8-18(20)24-19(27(28,29)30)12-13-21(31-24)33-38-23-11-6-10-22(32-23)34-15-7-14-26(2,17-34)25(35)36/h4-6,8-13H,3,7,14-17H2,1-2H3,(H,31,33)(H,35,36). The van der Waals surface area contributed by atoms with Crippen LogP contribution in [0.4, 0.5) is 24.8 Å². The molecule has 0 aliphatic carbocycles. The number of piperidine rings is 1. The van der Waals surface area contributed by atoms with Gasteiger partial charge in [-0.1, -0.05) is 25.1 Å². The van der Waals surface area contributed by atoms with Crippen LogP contribution in [-0.4, -0.2) is 40.7 Å². The summed E-state index contributed by atoms with van der Waals surface area (Å²) in [5, 5.41) is 10.2. The van der Waals surface area contributed by atoms with Crippen molar-refractivity contribution in [2.75, 3.05) is 29.3 Å². The van der Waals surface area contributed by atoms with E-state index in [0.717, 1.165) is 24.4 Å². The van der Waals surface area contributed by atoms with Crippen molar-refractivity contribution in [1.29, 1.82) is 0 Å². The number of rotatable bonds is 9. The van der Waals surface area contributed by atoms with Crippen molar-refractivity contribution in [3.8, 4) is 17.0 Å². The SMILES string of the molecule is CCCOc1ccccc1-c1nc(NSc2cccc(N3CCCC(C)(C(=O)O)C3)n2)ccc1C(F)(F)F. The predicted octanol–water partition coefficient (Wildman–Crippen LogP) is 6.76. The van der Waals surface area contributed by atoms with E-state index in [2.05, 4.69) is 14.7 Å². The average molecular weight is 547 g/mol. The lowest BCUT2D eigenvalue weighted by atomic mass is 9.82. The van der Waals surface area contributed by atoms with Gasteiger partial charge in [-0.15, -0.1) is 0 Å². The Kier molecular flexibility index (Phi) is 8.35. The zero-order valence-corrected chi connectivity index (χ0v) is 21.9. The minimum Gasteiger partial charge on any atom is -0.493 e. The number of anilines is 2. The minimum absolute atomic E-state index is 0.224. The van der Waals surface area contributed by atoms with E-state index in [0.29, 0.717) is 49.1 Å². The van der Waals surface area contributed by atoms with Gasteiger partial charge in [0.2, 0.25) is 0 Å². The second-order valence-corrected chi connectivity index (χ2v) is 10.2. The molecule has 2 aromatic heterocycles. The maximum Gasteiger partial charge on any atom is 0.418 e. The van der Waals surface area contributed by atoms with Crippen LogP contribution in [0.2, 0.25) is 0 Å². The number of para-hydroxylation sites is 1. The first-order valence-electron chi connectivity index (χ1n) is 12.3. The summed E-state index contributed by atoms with van der Waals surface area (Å²) in [7, 11) is 0. The number of alkyl halides is 3. The third-order valence-electron chi connectivity index (χ3n) is 6.31. The van der Waals surface area contributed by atoms with Crippen LogP contribution in [0, 0.1) is 5.41 Å². The molecule has 7 nitrogen and oxygen atoms in total. The first-order valence-corrected chi connectivity index (χ1v) is 13.1. The number of nitrogens with one attached hydrogen (secondary N) is 1. The molecule has 0 radical (unpaired) electrons. The fourth-order valence-electron chi connectivity index (χ4n) is 4.30. The number of benzene rings is 1. The number of nitrogens with zero attached hydrogens (tertiary/aromatic N) is 3. The smallest absolute Gasteiger partial charge is 0.418 e. The van der Waals surface area contributed by atoms with Crippen LogP contribution in [0.15, 0.2) is 59.6 Å². The van der Waals surface area contributed by atoms with Crippen LogP contribution in [0.5, 0.6) is 5.75 Å². The summed E-state index contributed by atoms with van der Waals surface area (Å²) in [5.74, 6) is 0.376. The van der Waals surface area contributed by atoms with Gasteiger partial charge < -0.3 is 19.5 Å². The molecule has 1 aliphatic rings. The number of aliphatic carboxylic acids is 1. The molecule has 11 heteroatoms. The van der Waals surface area contributed by atoms with E-state index in [-0.39, 0.29) is 17.1 Å². The molecule has 0 amide bonds. The fraction of sp³-hybridized carbons (Fsp3) is 0.370. The van der Waals surface area contributed by atoms with Crippen molar-refractivity contribution in [3.63, 3.8) is 0 Å². The van der Waals surface area contributed by atoms with Crippen molar-refractivity contribution in [2.45, 2.75) is 44.3 Å². The summed E-state index contributed by atoms with van der Waals surface area (Å²) in [6, 6.07) is 14.2. The Bertz CT molecular complexity index is 1290. The normalized spacial score (nSPS) is 17.8. The van der Waals surface area contributed by atoms with Gasteiger partial charge in [0, 0.05) is 30.6 Å². The molecular weight excluding hydrogens is 517 g/mol. The zero-order valence-electron chi connectivity index (χ0n) is 21.1. The molecule has 3 aromatic rings. The van der Waals surface area contributed by atoms with Gasteiger partial charge in [-0.2, -0.15) is 13.2 Å². The minimum atomic E-state index is -4.60. The van der Waals surface area contributed by atoms with Crippen LogP contribution < -0.4 is 14.4 Å². The Morgan fingerprint density at radius 3 is 2.68 bits per heavy atom. The maximum atomic E-state index is 13.9. The Morgan fingerprint density at radius 1 is 1.16 bits per heavy atom. The van der Waals surface area contributed by atoms with E-state index >= 15 is 0 Å². The third kappa shape index (κ3) is 6.32. The van der Waals surface area contributed by atoms with Crippen molar-refractivity contribution < 1.29 is 27.8 Å². The second kappa shape index (κ2) is 11.5. The summed E-state index contributed by atoms with van der Waals surface area (Å²) < 4.78 is 50.3. The van der Waals surface area contributed by atoms with Crippen LogP contribution in [-0.2, 0) is 11.0 Å². The number of carboxylic acids is 1. The largest absolute Gasteiger partial charge is 0.493 e. The van der Waals surface area contributed by atoms with Gasteiger partial charge in [0.15, 0.2) is 0 Å². The lowest BCUT2D eigenvalue weighted by molar-refractivity contribution is -0.148. The Hall–Kier alpha value is -3.47. The van der Waals surface area contributed by atoms with E-state index in [1.165, 1.54) is 6.07 Å². The van der Waals surface area contributed by atoms with Crippen LogP contribution in [0.1, 0.15) is 38.7 Å². The number of aromatic nitrogens is 2. The summed E-state index contributed by atoms with van der Waals surface area (Å²) in [6.45, 7) is 5.07. The van der Waals surface area contributed by atoms with E-state index in [4.69, 9.17) is 4.74 Å². The Labute approximate surface area is 223 Å². The quantitative estimate of drug-likeness (QED) is 0.285. The number of carbonyl (C=O) groups is 1. The monoisotopic (exact) mass is 546 g/mol. The molecule has 0 spiro atoms. The molecule has 38 heavy (non-hydrogen) atoms. The van der Waals surface area contributed by atoms with Gasteiger partial charge >= 0.3 is 12.1 Å². The first kappa shape index (κ1) is 27.6. The zero-order chi connectivity index (χ0) is 27.3. The average Bonchev–Trinajstić information content (AvgIpc) is 2.90. The Morgan fingerprint density at radius 2 is 1.95 bits per heavy atom. The highest BCUT2D eigenvalue weighted by Crippen LogP contribution is 2.40. The molecule has 0 saturated carbocycles. The summed E-state index contributed by atoms with van der Waals surface area (Å²) in [6.07, 6.45) is -2.54. The van der Waals surface area contributed by atoms with E-state index < -0.39 is 23.1 Å². The predicted molar refractivity (Wildman–Crippen MR) is 141 cm³/mol. The summed E-state index contributed by atoms with van der Waals surface area (Å²) in [4.78, 5) is 22.6. The van der Waals surface area contributed by atoms with Gasteiger partial charge in [0.1, 0.15) is 22.4 Å². The fourth-order valence-corrected chi connectivity index (χ4v) is 4.91. The summed E-state index contributed by atoms with van der Waals surface area (Å²) >= 11 is 1.11. The third-order valence-corrected chi connectivity index (χ3v) is 7.06. The summed E-state index contributed by atoms with van der Waals surface area (Å²) in [5.41, 5.74) is -1.67. The highest BCUT2D eigenvalue weighted by atomic mass is 32.2. The maximum absolute atomic E-state index is 13.9. The number of halogens is 3. The molecule has 3 heterocycles. The molecule has 1 unspecified atom stereocenters. The molecule has 0 bridgehead atoms. The molecule has 2 N–H and O–H groups in total. The highest BCUT2D eigenvalue weighted by Gasteiger charge is 2.38. The van der Waals surface area contributed by atoms with Crippen LogP contribution in [0.25, 0.3) is 11.3 Å². The lowest BCUT2D eigenvalue weighted by Crippen LogP contribution is -2.46. The Balaban J connectivity index is 1.57. The molecule has 1 saturated heterocycles.